The van der Waals surface area contributed by atoms with E-state index >= 15 is 0 Å². The molecule has 0 saturated heterocycles. The highest BCUT2D eigenvalue weighted by Crippen LogP contribution is 2.44. The Morgan fingerprint density at radius 1 is 1.03 bits per heavy atom. The van der Waals surface area contributed by atoms with Crippen molar-refractivity contribution >= 4 is 18.0 Å². The van der Waals surface area contributed by atoms with E-state index in [1.807, 2.05) is 43.3 Å². The smallest absolute Gasteiger partial charge is 0.407 e. The van der Waals surface area contributed by atoms with Crippen LogP contribution in [0.15, 0.2) is 48.5 Å². The average molecular weight is 453 g/mol. The van der Waals surface area contributed by atoms with E-state index in [-0.39, 0.29) is 24.9 Å². The Balaban J connectivity index is 1.28. The molecule has 174 valence electrons. The molecule has 1 saturated carbocycles. The summed E-state index contributed by atoms with van der Waals surface area (Å²) in [7, 11) is 0. The van der Waals surface area contributed by atoms with Crippen molar-refractivity contribution in [2.45, 2.75) is 50.7 Å². The molecule has 8 heteroatoms. The molecule has 8 nitrogen and oxygen atoms in total. The standard InChI is InChI=1S/C25H28N2O6/c1-2-16(13-22(28)27-33-23(24(29)30)15-11-12-15)26-25(31)32-14-21-19-9-5-3-7-17(19)18-8-4-6-10-20(18)21/h3-10,15-16,21,23H,2,11-14H2,1H3,(H,26,31)(H,27,28)(H,29,30)/t16-,23?/m1/s1. The first-order valence-electron chi connectivity index (χ1n) is 11.3. The Morgan fingerprint density at radius 2 is 1.64 bits per heavy atom. The molecule has 0 aliphatic heterocycles. The summed E-state index contributed by atoms with van der Waals surface area (Å²) in [5.74, 6) is -1.70. The van der Waals surface area contributed by atoms with Crippen LogP contribution in [0.1, 0.15) is 49.7 Å². The molecule has 1 unspecified atom stereocenters. The Morgan fingerprint density at radius 3 is 2.18 bits per heavy atom. The van der Waals surface area contributed by atoms with E-state index in [1.54, 1.807) is 0 Å². The van der Waals surface area contributed by atoms with Crippen molar-refractivity contribution in [3.63, 3.8) is 0 Å². The summed E-state index contributed by atoms with van der Waals surface area (Å²) in [6.07, 6.45) is 0.366. The summed E-state index contributed by atoms with van der Waals surface area (Å²) < 4.78 is 5.53. The number of ether oxygens (including phenoxy) is 1. The molecule has 0 bridgehead atoms. The van der Waals surface area contributed by atoms with Crippen LogP contribution in [0.5, 0.6) is 0 Å². The molecule has 0 radical (unpaired) electrons. The maximum atomic E-state index is 12.5. The zero-order valence-corrected chi connectivity index (χ0v) is 18.5. The Kier molecular flexibility index (Phi) is 6.93. The monoisotopic (exact) mass is 452 g/mol. The molecular formula is C25H28N2O6. The number of aliphatic carboxylic acids is 1. The minimum atomic E-state index is -1.10. The summed E-state index contributed by atoms with van der Waals surface area (Å²) >= 11 is 0. The van der Waals surface area contributed by atoms with Crippen molar-refractivity contribution in [3.05, 3.63) is 59.7 Å². The van der Waals surface area contributed by atoms with Gasteiger partial charge in [-0.25, -0.2) is 15.1 Å². The molecule has 3 N–H and O–H groups in total. The lowest BCUT2D eigenvalue weighted by atomic mass is 9.98. The maximum absolute atomic E-state index is 12.5. The number of nitrogens with one attached hydrogen (secondary N) is 2. The highest BCUT2D eigenvalue weighted by atomic mass is 16.7. The molecule has 4 rings (SSSR count). The Hall–Kier alpha value is -3.39. The molecule has 33 heavy (non-hydrogen) atoms. The minimum Gasteiger partial charge on any atom is -0.479 e. The van der Waals surface area contributed by atoms with Crippen LogP contribution in [0, 0.1) is 5.92 Å². The third-order valence-corrected chi connectivity index (χ3v) is 6.18. The van der Waals surface area contributed by atoms with Crippen LogP contribution in [-0.2, 0) is 19.2 Å². The number of alkyl carbamates (subject to hydrolysis) is 1. The first kappa shape index (κ1) is 22.8. The highest BCUT2D eigenvalue weighted by Gasteiger charge is 2.38. The SMILES string of the molecule is CC[C@H](CC(=O)NOC(C(=O)O)C1CC1)NC(=O)OCC1c2ccccc2-c2ccccc21. The molecule has 2 aromatic rings. The Bertz CT molecular complexity index is 990. The lowest BCUT2D eigenvalue weighted by Gasteiger charge is -2.19. The van der Waals surface area contributed by atoms with Gasteiger partial charge in [0, 0.05) is 18.4 Å². The van der Waals surface area contributed by atoms with Gasteiger partial charge in [-0.1, -0.05) is 55.5 Å². The zero-order chi connectivity index (χ0) is 23.4. The molecule has 2 atom stereocenters. The van der Waals surface area contributed by atoms with Gasteiger partial charge in [-0.2, -0.15) is 0 Å². The van der Waals surface area contributed by atoms with Crippen LogP contribution in [-0.4, -0.2) is 41.8 Å². The van der Waals surface area contributed by atoms with Crippen molar-refractivity contribution in [3.8, 4) is 11.1 Å². The van der Waals surface area contributed by atoms with Gasteiger partial charge < -0.3 is 15.2 Å². The van der Waals surface area contributed by atoms with Gasteiger partial charge in [0.1, 0.15) is 6.61 Å². The molecule has 2 aliphatic rings. The molecule has 0 spiro atoms. The van der Waals surface area contributed by atoms with E-state index in [9.17, 15) is 14.4 Å². The van der Waals surface area contributed by atoms with E-state index in [0.29, 0.717) is 6.42 Å². The highest BCUT2D eigenvalue weighted by molar-refractivity contribution is 5.79. The van der Waals surface area contributed by atoms with Gasteiger partial charge in [0.25, 0.3) is 0 Å². The van der Waals surface area contributed by atoms with Crippen molar-refractivity contribution in [2.24, 2.45) is 5.92 Å². The fraction of sp³-hybridized carbons (Fsp3) is 0.400. The van der Waals surface area contributed by atoms with E-state index in [1.165, 1.54) is 0 Å². The fourth-order valence-electron chi connectivity index (χ4n) is 4.25. The number of carbonyl (C=O) groups excluding carboxylic acids is 2. The second kappa shape index (κ2) is 10.0. The number of carboxylic acid groups (broad SMARTS) is 1. The summed E-state index contributed by atoms with van der Waals surface area (Å²) in [6, 6.07) is 15.7. The number of amides is 2. The van der Waals surface area contributed by atoms with Gasteiger partial charge in [-0.3, -0.25) is 9.63 Å². The lowest BCUT2D eigenvalue weighted by Crippen LogP contribution is -2.41. The predicted octanol–water partition coefficient (Wildman–Crippen LogP) is 3.60. The first-order valence-corrected chi connectivity index (χ1v) is 11.3. The number of carboxylic acids is 1. The summed E-state index contributed by atoms with van der Waals surface area (Å²) in [6.45, 7) is 2.03. The maximum Gasteiger partial charge on any atom is 0.407 e. The molecule has 0 heterocycles. The van der Waals surface area contributed by atoms with E-state index < -0.39 is 30.1 Å². The van der Waals surface area contributed by atoms with Gasteiger partial charge in [-0.15, -0.1) is 0 Å². The third-order valence-electron chi connectivity index (χ3n) is 6.18. The van der Waals surface area contributed by atoms with Crippen LogP contribution in [0.3, 0.4) is 0 Å². The number of hydrogen-bond donors (Lipinski definition) is 3. The molecule has 2 aliphatic carbocycles. The lowest BCUT2D eigenvalue weighted by molar-refractivity contribution is -0.162. The van der Waals surface area contributed by atoms with Crippen molar-refractivity contribution in [1.82, 2.24) is 10.8 Å². The molecule has 2 amide bonds. The molecule has 1 fully saturated rings. The van der Waals surface area contributed by atoms with Crippen molar-refractivity contribution < 1.29 is 29.1 Å². The van der Waals surface area contributed by atoms with E-state index in [2.05, 4.69) is 22.9 Å². The zero-order valence-electron chi connectivity index (χ0n) is 18.5. The predicted molar refractivity (Wildman–Crippen MR) is 120 cm³/mol. The molecule has 2 aromatic carbocycles. The summed E-state index contributed by atoms with van der Waals surface area (Å²) in [5.41, 5.74) is 6.76. The number of rotatable bonds is 10. The minimum absolute atomic E-state index is 0.0439. The number of hydrogen-bond acceptors (Lipinski definition) is 5. The summed E-state index contributed by atoms with van der Waals surface area (Å²) in [5, 5.41) is 11.9. The number of carbonyl (C=O) groups is 3. The van der Waals surface area contributed by atoms with E-state index in [0.717, 1.165) is 35.1 Å². The van der Waals surface area contributed by atoms with Gasteiger partial charge in [0.15, 0.2) is 6.10 Å². The van der Waals surface area contributed by atoms with Gasteiger partial charge in [-0.05, 0) is 47.4 Å². The number of fused-ring (bicyclic) bond motifs is 3. The van der Waals surface area contributed by atoms with Gasteiger partial charge >= 0.3 is 12.1 Å². The van der Waals surface area contributed by atoms with Crippen molar-refractivity contribution in [1.29, 1.82) is 0 Å². The fourth-order valence-corrected chi connectivity index (χ4v) is 4.25. The van der Waals surface area contributed by atoms with Crippen LogP contribution in [0.2, 0.25) is 0 Å². The summed E-state index contributed by atoms with van der Waals surface area (Å²) in [4.78, 5) is 40.9. The van der Waals surface area contributed by atoms with Gasteiger partial charge in [0.2, 0.25) is 5.91 Å². The van der Waals surface area contributed by atoms with Crippen LogP contribution in [0.25, 0.3) is 11.1 Å². The first-order chi connectivity index (χ1) is 16.0. The van der Waals surface area contributed by atoms with Crippen LogP contribution in [0.4, 0.5) is 4.79 Å². The topological polar surface area (TPSA) is 114 Å². The largest absolute Gasteiger partial charge is 0.479 e. The third kappa shape index (κ3) is 5.34. The number of benzene rings is 2. The van der Waals surface area contributed by atoms with Gasteiger partial charge in [0.05, 0.1) is 0 Å². The van der Waals surface area contributed by atoms with Crippen molar-refractivity contribution in [2.75, 3.05) is 6.61 Å². The second-order valence-corrected chi connectivity index (χ2v) is 8.52. The number of hydroxylamine groups is 1. The quantitative estimate of drug-likeness (QED) is 0.475. The van der Waals surface area contributed by atoms with Crippen LogP contribution < -0.4 is 10.8 Å². The Labute approximate surface area is 192 Å². The molecule has 0 aromatic heterocycles. The normalized spacial score (nSPS) is 16.3. The van der Waals surface area contributed by atoms with Crippen LogP contribution >= 0.6 is 0 Å². The van der Waals surface area contributed by atoms with E-state index in [4.69, 9.17) is 14.7 Å². The average Bonchev–Trinajstić information content (AvgIpc) is 3.59. The molecular weight excluding hydrogens is 424 g/mol. The second-order valence-electron chi connectivity index (χ2n) is 8.52.